The number of nitrogen functional groups attached to an aromatic ring is 1. The van der Waals surface area contributed by atoms with E-state index >= 15 is 0 Å². The van der Waals surface area contributed by atoms with Crippen molar-refractivity contribution < 1.29 is 0 Å². The summed E-state index contributed by atoms with van der Waals surface area (Å²) >= 11 is 0. The van der Waals surface area contributed by atoms with Crippen molar-refractivity contribution in [3.8, 4) is 0 Å². The molecule has 0 bridgehead atoms. The highest BCUT2D eigenvalue weighted by atomic mass is 14.9. The zero-order valence-electron chi connectivity index (χ0n) is 8.57. The molecule has 76 valence electrons. The Morgan fingerprint density at radius 3 is 2.60 bits per heavy atom. The average Bonchev–Trinajstić information content (AvgIpc) is 2.25. The van der Waals surface area contributed by atoms with Gasteiger partial charge in [-0.1, -0.05) is 6.07 Å². The van der Waals surface area contributed by atoms with Crippen LogP contribution in [0.15, 0.2) is 42.7 Å². The summed E-state index contributed by atoms with van der Waals surface area (Å²) in [5.74, 6) is 0. The number of aromatic nitrogens is 1. The van der Waals surface area contributed by atoms with Crippen LogP contribution in [-0.4, -0.2) is 4.98 Å². The molecule has 0 atom stereocenters. The van der Waals surface area contributed by atoms with Gasteiger partial charge >= 0.3 is 0 Å². The van der Waals surface area contributed by atoms with Crippen LogP contribution in [0.2, 0.25) is 0 Å². The van der Waals surface area contributed by atoms with Crippen LogP contribution in [0.25, 0.3) is 0 Å². The third-order valence-electron chi connectivity index (χ3n) is 2.17. The van der Waals surface area contributed by atoms with Gasteiger partial charge < -0.3 is 11.1 Å². The molecule has 0 aliphatic rings. The summed E-state index contributed by atoms with van der Waals surface area (Å²) in [6, 6.07) is 9.73. The van der Waals surface area contributed by atoms with Gasteiger partial charge in [-0.3, -0.25) is 4.98 Å². The summed E-state index contributed by atoms with van der Waals surface area (Å²) in [7, 11) is 0. The average molecular weight is 199 g/mol. The van der Waals surface area contributed by atoms with Crippen molar-refractivity contribution in [1.29, 1.82) is 0 Å². The van der Waals surface area contributed by atoms with Crippen LogP contribution in [0.4, 0.5) is 17.1 Å². The molecule has 0 spiro atoms. The number of nitrogens with zero attached hydrogens (tertiary/aromatic N) is 1. The largest absolute Gasteiger partial charge is 0.397 e. The molecule has 3 N–H and O–H groups in total. The summed E-state index contributed by atoms with van der Waals surface area (Å²) in [5.41, 5.74) is 9.71. The lowest BCUT2D eigenvalue weighted by Crippen LogP contribution is -1.96. The molecule has 1 aromatic carbocycles. The van der Waals surface area contributed by atoms with E-state index in [1.807, 2.05) is 37.3 Å². The van der Waals surface area contributed by atoms with Gasteiger partial charge in [0.15, 0.2) is 0 Å². The maximum Gasteiger partial charge on any atom is 0.0620 e. The van der Waals surface area contributed by atoms with Crippen LogP contribution >= 0.6 is 0 Å². The smallest absolute Gasteiger partial charge is 0.0620 e. The third-order valence-corrected chi connectivity index (χ3v) is 2.17. The van der Waals surface area contributed by atoms with E-state index in [9.17, 15) is 0 Å². The van der Waals surface area contributed by atoms with E-state index in [2.05, 4.69) is 10.3 Å². The Bertz CT molecular complexity index is 452. The number of benzene rings is 1. The minimum absolute atomic E-state index is 0.748. The summed E-state index contributed by atoms with van der Waals surface area (Å²) in [5, 5.41) is 3.25. The number of anilines is 3. The molecule has 0 aliphatic heterocycles. The van der Waals surface area contributed by atoms with Crippen molar-refractivity contribution in [1.82, 2.24) is 4.98 Å². The summed E-state index contributed by atoms with van der Waals surface area (Å²) in [6.07, 6.45) is 3.49. The monoisotopic (exact) mass is 199 g/mol. The van der Waals surface area contributed by atoms with Gasteiger partial charge in [0.25, 0.3) is 0 Å². The number of hydrogen-bond donors (Lipinski definition) is 2. The molecule has 15 heavy (non-hydrogen) atoms. The molecule has 0 saturated heterocycles. The first-order valence-electron chi connectivity index (χ1n) is 4.79. The fraction of sp³-hybridized carbons (Fsp3) is 0.0833. The molecule has 0 saturated carbocycles. The molecule has 0 amide bonds. The molecular weight excluding hydrogens is 186 g/mol. The van der Waals surface area contributed by atoms with Crippen LogP contribution < -0.4 is 11.1 Å². The molecule has 0 unspecified atom stereocenters. The third kappa shape index (κ3) is 2.26. The Labute approximate surface area is 89.0 Å². The van der Waals surface area contributed by atoms with Crippen LogP contribution in [0.3, 0.4) is 0 Å². The molecule has 3 nitrogen and oxygen atoms in total. The number of nitrogens with one attached hydrogen (secondary N) is 1. The van der Waals surface area contributed by atoms with Gasteiger partial charge in [0.1, 0.15) is 0 Å². The quantitative estimate of drug-likeness (QED) is 0.731. The summed E-state index contributed by atoms with van der Waals surface area (Å²) in [4.78, 5) is 3.96. The van der Waals surface area contributed by atoms with Crippen molar-refractivity contribution in [2.24, 2.45) is 0 Å². The fourth-order valence-corrected chi connectivity index (χ4v) is 1.37. The molecular formula is C12H13N3. The number of nitrogens with two attached hydrogens (primary N) is 1. The van der Waals surface area contributed by atoms with Crippen LogP contribution in [0.1, 0.15) is 5.56 Å². The lowest BCUT2D eigenvalue weighted by atomic mass is 10.2. The first-order chi connectivity index (χ1) is 7.25. The SMILES string of the molecule is Cc1ccc(N)c(Nc2ccncc2)c1. The summed E-state index contributed by atoms with van der Waals surface area (Å²) in [6.45, 7) is 2.04. The fourth-order valence-electron chi connectivity index (χ4n) is 1.37. The van der Waals surface area contributed by atoms with Crippen LogP contribution in [0, 0.1) is 6.92 Å². The Morgan fingerprint density at radius 1 is 1.13 bits per heavy atom. The lowest BCUT2D eigenvalue weighted by molar-refractivity contribution is 1.32. The highest BCUT2D eigenvalue weighted by Gasteiger charge is 1.99. The summed E-state index contributed by atoms with van der Waals surface area (Å²) < 4.78 is 0. The molecule has 3 heteroatoms. The Morgan fingerprint density at radius 2 is 1.87 bits per heavy atom. The van der Waals surface area contributed by atoms with Gasteiger partial charge in [0.05, 0.1) is 11.4 Å². The van der Waals surface area contributed by atoms with E-state index in [0.717, 1.165) is 17.1 Å². The van der Waals surface area contributed by atoms with E-state index in [1.165, 1.54) is 5.56 Å². The van der Waals surface area contributed by atoms with Crippen molar-refractivity contribution >= 4 is 17.1 Å². The van der Waals surface area contributed by atoms with Crippen LogP contribution in [-0.2, 0) is 0 Å². The molecule has 1 heterocycles. The van der Waals surface area contributed by atoms with Crippen molar-refractivity contribution in [3.63, 3.8) is 0 Å². The van der Waals surface area contributed by atoms with Gasteiger partial charge in [-0.05, 0) is 36.8 Å². The minimum Gasteiger partial charge on any atom is -0.397 e. The van der Waals surface area contributed by atoms with Crippen molar-refractivity contribution in [2.45, 2.75) is 6.92 Å². The molecule has 2 aromatic rings. The first kappa shape index (κ1) is 9.52. The zero-order chi connectivity index (χ0) is 10.7. The predicted molar refractivity (Wildman–Crippen MR) is 63.1 cm³/mol. The minimum atomic E-state index is 0.748. The Balaban J connectivity index is 2.28. The number of hydrogen-bond acceptors (Lipinski definition) is 3. The topological polar surface area (TPSA) is 50.9 Å². The van der Waals surface area contributed by atoms with Gasteiger partial charge in [-0.25, -0.2) is 0 Å². The van der Waals surface area contributed by atoms with Gasteiger partial charge in [0.2, 0.25) is 0 Å². The van der Waals surface area contributed by atoms with Gasteiger partial charge in [-0.15, -0.1) is 0 Å². The second-order valence-electron chi connectivity index (χ2n) is 3.45. The zero-order valence-corrected chi connectivity index (χ0v) is 8.57. The second kappa shape index (κ2) is 4.00. The normalized spacial score (nSPS) is 9.93. The highest BCUT2D eigenvalue weighted by molar-refractivity contribution is 5.72. The Hall–Kier alpha value is -2.03. The highest BCUT2D eigenvalue weighted by Crippen LogP contribution is 2.23. The Kier molecular flexibility index (Phi) is 2.54. The van der Waals surface area contributed by atoms with Gasteiger partial charge in [0, 0.05) is 18.1 Å². The predicted octanol–water partition coefficient (Wildman–Crippen LogP) is 2.72. The van der Waals surface area contributed by atoms with E-state index in [4.69, 9.17) is 5.73 Å². The van der Waals surface area contributed by atoms with E-state index in [-0.39, 0.29) is 0 Å². The number of rotatable bonds is 2. The molecule has 1 aromatic heterocycles. The first-order valence-corrected chi connectivity index (χ1v) is 4.79. The van der Waals surface area contributed by atoms with E-state index in [0.29, 0.717) is 0 Å². The molecule has 2 rings (SSSR count). The number of aryl methyl sites for hydroxylation is 1. The van der Waals surface area contributed by atoms with Crippen molar-refractivity contribution in [3.05, 3.63) is 48.3 Å². The molecule has 0 radical (unpaired) electrons. The van der Waals surface area contributed by atoms with Gasteiger partial charge in [-0.2, -0.15) is 0 Å². The lowest BCUT2D eigenvalue weighted by Gasteiger charge is -2.09. The maximum atomic E-state index is 5.86. The van der Waals surface area contributed by atoms with E-state index in [1.54, 1.807) is 12.4 Å². The standard InChI is InChI=1S/C12H13N3/c1-9-2-3-11(13)12(8-9)15-10-4-6-14-7-5-10/h2-8H,13H2,1H3,(H,14,15). The van der Waals surface area contributed by atoms with Crippen LogP contribution in [0.5, 0.6) is 0 Å². The maximum absolute atomic E-state index is 5.86. The van der Waals surface area contributed by atoms with E-state index < -0.39 is 0 Å². The van der Waals surface area contributed by atoms with Crippen molar-refractivity contribution in [2.75, 3.05) is 11.1 Å². The number of pyridine rings is 1. The second-order valence-corrected chi connectivity index (χ2v) is 3.45. The molecule has 0 aliphatic carbocycles. The molecule has 0 fully saturated rings.